The number of methoxy groups -OCH3 is 2. The highest BCUT2D eigenvalue weighted by molar-refractivity contribution is 5.94. The maximum absolute atomic E-state index is 12.6. The van der Waals surface area contributed by atoms with Gasteiger partial charge in [0.1, 0.15) is 11.4 Å². The van der Waals surface area contributed by atoms with Gasteiger partial charge in [-0.25, -0.2) is 4.79 Å². The fraction of sp³-hybridized carbons (Fsp3) is 0.278. The lowest BCUT2D eigenvalue weighted by molar-refractivity contribution is 0.0599. The third-order valence-electron chi connectivity index (χ3n) is 3.61. The van der Waals surface area contributed by atoms with E-state index in [1.54, 1.807) is 12.0 Å². The zero-order valence-electron chi connectivity index (χ0n) is 14.0. The summed E-state index contributed by atoms with van der Waals surface area (Å²) in [6.45, 7) is 2.93. The largest absolute Gasteiger partial charge is 0.497 e. The molecule has 2 rings (SSSR count). The van der Waals surface area contributed by atoms with Crippen molar-refractivity contribution >= 4 is 11.9 Å². The minimum Gasteiger partial charge on any atom is -0.497 e. The number of benzene rings is 1. The number of aromatic nitrogens is 1. The molecule has 1 aromatic heterocycles. The van der Waals surface area contributed by atoms with E-state index in [1.165, 1.54) is 25.4 Å². The number of ether oxygens (including phenoxy) is 2. The highest BCUT2D eigenvalue weighted by Gasteiger charge is 2.17. The summed E-state index contributed by atoms with van der Waals surface area (Å²) >= 11 is 0. The Morgan fingerprint density at radius 1 is 1.08 bits per heavy atom. The Labute approximate surface area is 141 Å². The molecule has 0 spiro atoms. The number of esters is 1. The first-order valence-corrected chi connectivity index (χ1v) is 7.55. The second-order valence-corrected chi connectivity index (χ2v) is 5.09. The highest BCUT2D eigenvalue weighted by Crippen LogP contribution is 2.14. The zero-order chi connectivity index (χ0) is 17.5. The van der Waals surface area contributed by atoms with Crippen molar-refractivity contribution in [2.75, 3.05) is 20.8 Å². The molecular weight excluding hydrogens is 308 g/mol. The van der Waals surface area contributed by atoms with Gasteiger partial charge in [-0.05, 0) is 36.8 Å². The lowest BCUT2D eigenvalue weighted by Crippen LogP contribution is -2.31. The van der Waals surface area contributed by atoms with Crippen LogP contribution in [0.2, 0.25) is 0 Å². The van der Waals surface area contributed by atoms with Gasteiger partial charge in [-0.15, -0.1) is 0 Å². The van der Waals surface area contributed by atoms with Crippen LogP contribution in [0, 0.1) is 0 Å². The number of rotatable bonds is 6. The van der Waals surface area contributed by atoms with Crippen molar-refractivity contribution in [1.29, 1.82) is 0 Å². The van der Waals surface area contributed by atoms with Gasteiger partial charge in [-0.3, -0.25) is 9.78 Å². The van der Waals surface area contributed by atoms with E-state index in [1.807, 2.05) is 31.2 Å². The van der Waals surface area contributed by atoms with Gasteiger partial charge < -0.3 is 14.4 Å². The number of carbonyl (C=O) groups is 2. The van der Waals surface area contributed by atoms with Gasteiger partial charge >= 0.3 is 5.97 Å². The van der Waals surface area contributed by atoms with Gasteiger partial charge in [-0.2, -0.15) is 0 Å². The van der Waals surface area contributed by atoms with Crippen LogP contribution in [-0.4, -0.2) is 42.5 Å². The van der Waals surface area contributed by atoms with Crippen LogP contribution in [0.4, 0.5) is 0 Å². The quantitative estimate of drug-likeness (QED) is 0.762. The Morgan fingerprint density at radius 3 is 2.29 bits per heavy atom. The van der Waals surface area contributed by atoms with E-state index in [0.29, 0.717) is 18.7 Å². The van der Waals surface area contributed by atoms with E-state index in [9.17, 15) is 9.59 Å². The Hall–Kier alpha value is -2.89. The average molecular weight is 328 g/mol. The van der Waals surface area contributed by atoms with Gasteiger partial charge in [0, 0.05) is 19.3 Å². The van der Waals surface area contributed by atoms with Gasteiger partial charge in [0.2, 0.25) is 0 Å². The Morgan fingerprint density at radius 2 is 1.79 bits per heavy atom. The van der Waals surface area contributed by atoms with E-state index >= 15 is 0 Å². The number of carbonyl (C=O) groups excluding carboxylic acids is 2. The average Bonchev–Trinajstić information content (AvgIpc) is 2.65. The fourth-order valence-electron chi connectivity index (χ4n) is 2.20. The minimum atomic E-state index is -0.480. The number of pyridine rings is 1. The molecule has 0 N–H and O–H groups in total. The molecule has 0 bridgehead atoms. The Bertz CT molecular complexity index is 696. The first kappa shape index (κ1) is 17.5. The third-order valence-corrected chi connectivity index (χ3v) is 3.61. The molecule has 0 aliphatic heterocycles. The summed E-state index contributed by atoms with van der Waals surface area (Å²) in [7, 11) is 2.91. The molecule has 0 radical (unpaired) electrons. The van der Waals surface area contributed by atoms with Crippen LogP contribution >= 0.6 is 0 Å². The Balaban J connectivity index is 2.11. The van der Waals surface area contributed by atoms with Crippen LogP contribution < -0.4 is 4.74 Å². The standard InChI is InChI=1S/C18H20N2O4/c1-4-20(12-13-5-8-15(23-2)9-6-13)17(21)16-10-7-14(11-19-16)18(22)24-3/h5-11H,4,12H2,1-3H3. The van der Waals surface area contributed by atoms with Crippen molar-refractivity contribution in [2.45, 2.75) is 13.5 Å². The van der Waals surface area contributed by atoms with Gasteiger partial charge in [0.05, 0.1) is 19.8 Å². The normalized spacial score (nSPS) is 10.1. The number of amides is 1. The van der Waals surface area contributed by atoms with Crippen molar-refractivity contribution in [1.82, 2.24) is 9.88 Å². The molecule has 0 atom stereocenters. The summed E-state index contributed by atoms with van der Waals surface area (Å²) in [5.41, 5.74) is 1.60. The molecule has 0 saturated carbocycles. The second-order valence-electron chi connectivity index (χ2n) is 5.09. The van der Waals surface area contributed by atoms with Crippen LogP contribution in [0.1, 0.15) is 33.3 Å². The van der Waals surface area contributed by atoms with Crippen molar-refractivity contribution in [2.24, 2.45) is 0 Å². The summed E-state index contributed by atoms with van der Waals surface area (Å²) < 4.78 is 9.75. The summed E-state index contributed by atoms with van der Waals surface area (Å²) in [6.07, 6.45) is 1.35. The van der Waals surface area contributed by atoms with Crippen molar-refractivity contribution in [3.63, 3.8) is 0 Å². The molecule has 6 nitrogen and oxygen atoms in total. The molecular formula is C18H20N2O4. The smallest absolute Gasteiger partial charge is 0.339 e. The predicted molar refractivity (Wildman–Crippen MR) is 89.0 cm³/mol. The van der Waals surface area contributed by atoms with E-state index < -0.39 is 5.97 Å². The van der Waals surface area contributed by atoms with E-state index in [0.717, 1.165) is 11.3 Å². The molecule has 1 amide bonds. The number of nitrogens with zero attached hydrogens (tertiary/aromatic N) is 2. The Kier molecular flexibility index (Phi) is 5.89. The predicted octanol–water partition coefficient (Wildman–Crippen LogP) is 2.54. The summed E-state index contributed by atoms with van der Waals surface area (Å²) in [5, 5.41) is 0. The van der Waals surface area contributed by atoms with Gasteiger partial charge in [0.25, 0.3) is 5.91 Å². The molecule has 0 fully saturated rings. The molecule has 0 saturated heterocycles. The van der Waals surface area contributed by atoms with Crippen molar-refractivity contribution < 1.29 is 19.1 Å². The van der Waals surface area contributed by atoms with Crippen molar-refractivity contribution in [3.8, 4) is 5.75 Å². The molecule has 1 heterocycles. The molecule has 126 valence electrons. The zero-order valence-corrected chi connectivity index (χ0v) is 14.0. The lowest BCUT2D eigenvalue weighted by Gasteiger charge is -2.20. The molecule has 1 aromatic carbocycles. The molecule has 0 unspecified atom stereocenters. The van der Waals surface area contributed by atoms with E-state index in [2.05, 4.69) is 9.72 Å². The number of hydrogen-bond donors (Lipinski definition) is 0. The second kappa shape index (κ2) is 8.10. The summed E-state index contributed by atoms with van der Waals surface area (Å²) in [4.78, 5) is 29.7. The monoisotopic (exact) mass is 328 g/mol. The van der Waals surface area contributed by atoms with Crippen LogP contribution in [0.3, 0.4) is 0 Å². The highest BCUT2D eigenvalue weighted by atomic mass is 16.5. The first-order valence-electron chi connectivity index (χ1n) is 7.55. The molecule has 0 aliphatic rings. The summed E-state index contributed by atoms with van der Waals surface area (Å²) in [5.74, 6) is 0.102. The van der Waals surface area contributed by atoms with Gasteiger partial charge in [0.15, 0.2) is 0 Å². The van der Waals surface area contributed by atoms with Crippen LogP contribution in [0.5, 0.6) is 5.75 Å². The maximum atomic E-state index is 12.6. The topological polar surface area (TPSA) is 68.7 Å². The number of hydrogen-bond acceptors (Lipinski definition) is 5. The van der Waals surface area contributed by atoms with Crippen molar-refractivity contribution in [3.05, 3.63) is 59.4 Å². The molecule has 0 aliphatic carbocycles. The van der Waals surface area contributed by atoms with Crippen LogP contribution in [0.15, 0.2) is 42.6 Å². The molecule has 6 heteroatoms. The summed E-state index contributed by atoms with van der Waals surface area (Å²) in [6, 6.07) is 10.6. The molecule has 24 heavy (non-hydrogen) atoms. The SMILES string of the molecule is CCN(Cc1ccc(OC)cc1)C(=O)c1ccc(C(=O)OC)cn1. The maximum Gasteiger partial charge on any atom is 0.339 e. The van der Waals surface area contributed by atoms with E-state index in [-0.39, 0.29) is 11.6 Å². The fourth-order valence-corrected chi connectivity index (χ4v) is 2.20. The minimum absolute atomic E-state index is 0.190. The van der Waals surface area contributed by atoms with Crippen LogP contribution in [-0.2, 0) is 11.3 Å². The third kappa shape index (κ3) is 4.10. The van der Waals surface area contributed by atoms with Gasteiger partial charge in [-0.1, -0.05) is 12.1 Å². The van der Waals surface area contributed by atoms with E-state index in [4.69, 9.17) is 4.74 Å². The molecule has 2 aromatic rings. The lowest BCUT2D eigenvalue weighted by atomic mass is 10.2. The first-order chi connectivity index (χ1) is 11.6. The van der Waals surface area contributed by atoms with Crippen LogP contribution in [0.25, 0.3) is 0 Å².